The van der Waals surface area contributed by atoms with Gasteiger partial charge in [0.25, 0.3) is 5.91 Å². The van der Waals surface area contributed by atoms with Gasteiger partial charge in [-0.3, -0.25) is 4.79 Å². The molecule has 0 spiro atoms. The monoisotopic (exact) mass is 459 g/mol. The molecule has 29 heavy (non-hydrogen) atoms. The number of carbonyl (C=O) groups is 1. The average Bonchev–Trinajstić information content (AvgIpc) is 3.35. The standard InChI is InChI=1S/C21H18ClN3OS3/c1-27-15-7-4-8-16-18(15)23-21(29-16)25-11-9-24(10-12-25)20(26)19-17(22)13-5-2-3-6-14(13)28-19/h2-8H,9-12H2,1H3. The van der Waals surface area contributed by atoms with Crippen LogP contribution in [-0.2, 0) is 0 Å². The number of anilines is 1. The lowest BCUT2D eigenvalue weighted by Crippen LogP contribution is -2.48. The normalized spacial score (nSPS) is 14.8. The molecule has 0 aliphatic carbocycles. The number of hydrogen-bond acceptors (Lipinski definition) is 6. The van der Waals surface area contributed by atoms with Crippen LogP contribution in [0.15, 0.2) is 47.4 Å². The van der Waals surface area contributed by atoms with Crippen molar-refractivity contribution in [3.05, 3.63) is 52.4 Å². The van der Waals surface area contributed by atoms with E-state index in [1.54, 1.807) is 23.1 Å². The zero-order valence-corrected chi connectivity index (χ0v) is 18.9. The number of nitrogens with zero attached hydrogens (tertiary/aromatic N) is 3. The summed E-state index contributed by atoms with van der Waals surface area (Å²) in [6, 6.07) is 14.2. The minimum atomic E-state index is 0.0322. The summed E-state index contributed by atoms with van der Waals surface area (Å²) < 4.78 is 2.26. The number of thioether (sulfide) groups is 1. The topological polar surface area (TPSA) is 36.4 Å². The van der Waals surface area contributed by atoms with Crippen LogP contribution in [0.4, 0.5) is 5.13 Å². The number of amides is 1. The number of fused-ring (bicyclic) bond motifs is 2. The molecule has 0 N–H and O–H groups in total. The summed E-state index contributed by atoms with van der Waals surface area (Å²) in [7, 11) is 0. The second-order valence-corrected chi connectivity index (χ2v) is 10.1. The Morgan fingerprint density at radius 2 is 1.79 bits per heavy atom. The van der Waals surface area contributed by atoms with Crippen LogP contribution in [0.25, 0.3) is 20.3 Å². The van der Waals surface area contributed by atoms with E-state index in [-0.39, 0.29) is 5.91 Å². The molecule has 1 aliphatic heterocycles. The van der Waals surface area contributed by atoms with Gasteiger partial charge in [0.1, 0.15) is 4.88 Å². The molecule has 0 atom stereocenters. The fourth-order valence-electron chi connectivity index (χ4n) is 3.61. The summed E-state index contributed by atoms with van der Waals surface area (Å²) in [6.45, 7) is 2.91. The maximum absolute atomic E-state index is 13.1. The van der Waals surface area contributed by atoms with E-state index in [1.165, 1.54) is 20.9 Å². The van der Waals surface area contributed by atoms with Crippen LogP contribution in [0.3, 0.4) is 0 Å². The van der Waals surface area contributed by atoms with Gasteiger partial charge in [-0.25, -0.2) is 4.98 Å². The third kappa shape index (κ3) is 3.40. The van der Waals surface area contributed by atoms with E-state index in [0.29, 0.717) is 23.0 Å². The summed E-state index contributed by atoms with van der Waals surface area (Å²) in [6.07, 6.45) is 2.08. The summed E-state index contributed by atoms with van der Waals surface area (Å²) in [5.41, 5.74) is 1.08. The van der Waals surface area contributed by atoms with E-state index in [1.807, 2.05) is 29.2 Å². The Bertz CT molecular complexity index is 1210. The van der Waals surface area contributed by atoms with E-state index in [4.69, 9.17) is 16.6 Å². The van der Waals surface area contributed by atoms with Crippen LogP contribution in [0.1, 0.15) is 9.67 Å². The molecule has 1 amide bonds. The Hall–Kier alpha value is -1.80. The van der Waals surface area contributed by atoms with E-state index < -0.39 is 0 Å². The first-order valence-electron chi connectivity index (χ1n) is 9.30. The number of thiophene rings is 1. The smallest absolute Gasteiger partial charge is 0.265 e. The maximum atomic E-state index is 13.1. The average molecular weight is 460 g/mol. The maximum Gasteiger partial charge on any atom is 0.265 e. The Morgan fingerprint density at radius 1 is 1.03 bits per heavy atom. The molecule has 2 aromatic heterocycles. The third-order valence-electron chi connectivity index (χ3n) is 5.16. The van der Waals surface area contributed by atoms with Crippen molar-refractivity contribution in [1.29, 1.82) is 0 Å². The zero-order valence-electron chi connectivity index (χ0n) is 15.7. The van der Waals surface area contributed by atoms with Crippen molar-refractivity contribution < 1.29 is 4.79 Å². The van der Waals surface area contributed by atoms with Gasteiger partial charge in [0, 0.05) is 41.2 Å². The molecule has 5 rings (SSSR count). The van der Waals surface area contributed by atoms with Gasteiger partial charge < -0.3 is 9.80 Å². The van der Waals surface area contributed by atoms with Gasteiger partial charge in [-0.15, -0.1) is 23.1 Å². The molecule has 0 saturated carbocycles. The molecule has 148 valence electrons. The van der Waals surface area contributed by atoms with Gasteiger partial charge in [0.2, 0.25) is 0 Å². The van der Waals surface area contributed by atoms with Crippen molar-refractivity contribution >= 4 is 77.4 Å². The number of benzene rings is 2. The molecule has 1 aliphatic rings. The predicted octanol–water partition coefficient (Wildman–Crippen LogP) is 5.85. The summed E-state index contributed by atoms with van der Waals surface area (Å²) >= 11 is 11.4. The lowest BCUT2D eigenvalue weighted by molar-refractivity contribution is 0.0752. The van der Waals surface area contributed by atoms with Crippen molar-refractivity contribution in [2.45, 2.75) is 4.90 Å². The Morgan fingerprint density at radius 3 is 2.55 bits per heavy atom. The van der Waals surface area contributed by atoms with E-state index in [2.05, 4.69) is 29.4 Å². The number of piperazine rings is 1. The van der Waals surface area contributed by atoms with Gasteiger partial charge >= 0.3 is 0 Å². The molecule has 2 aromatic carbocycles. The van der Waals surface area contributed by atoms with Crippen LogP contribution in [0.2, 0.25) is 5.02 Å². The Labute approximate surface area is 186 Å². The fourth-order valence-corrected chi connectivity index (χ4v) is 6.76. The van der Waals surface area contributed by atoms with Crippen LogP contribution < -0.4 is 4.90 Å². The number of halogens is 1. The van der Waals surface area contributed by atoms with Crippen LogP contribution >= 0.6 is 46.0 Å². The first kappa shape index (κ1) is 19.2. The molecule has 4 nitrogen and oxygen atoms in total. The molecule has 1 saturated heterocycles. The molecule has 0 bridgehead atoms. The second kappa shape index (κ2) is 7.80. The minimum Gasteiger partial charge on any atom is -0.345 e. The molecular formula is C21H18ClN3OS3. The number of aromatic nitrogens is 1. The molecule has 3 heterocycles. The van der Waals surface area contributed by atoms with Gasteiger partial charge in [-0.1, -0.05) is 47.2 Å². The number of thiazole rings is 1. The quantitative estimate of drug-likeness (QED) is 0.360. The Kier molecular flexibility index (Phi) is 5.16. The third-order valence-corrected chi connectivity index (χ3v) is 8.67. The second-order valence-electron chi connectivity index (χ2n) is 6.82. The summed E-state index contributed by atoms with van der Waals surface area (Å²) in [5, 5.41) is 2.57. The highest BCUT2D eigenvalue weighted by molar-refractivity contribution is 7.98. The molecule has 1 fully saturated rings. The molecule has 8 heteroatoms. The lowest BCUT2D eigenvalue weighted by Gasteiger charge is -2.34. The van der Waals surface area contributed by atoms with E-state index >= 15 is 0 Å². The van der Waals surface area contributed by atoms with Crippen LogP contribution in [0.5, 0.6) is 0 Å². The highest BCUT2D eigenvalue weighted by Gasteiger charge is 2.27. The van der Waals surface area contributed by atoms with Crippen LogP contribution in [0, 0.1) is 0 Å². The van der Waals surface area contributed by atoms with Gasteiger partial charge in [0.15, 0.2) is 5.13 Å². The van der Waals surface area contributed by atoms with Crippen molar-refractivity contribution in [3.63, 3.8) is 0 Å². The number of hydrogen-bond donors (Lipinski definition) is 0. The molecule has 0 unspecified atom stereocenters. The highest BCUT2D eigenvalue weighted by atomic mass is 35.5. The van der Waals surface area contributed by atoms with E-state index in [9.17, 15) is 4.79 Å². The van der Waals surface area contributed by atoms with Gasteiger partial charge in [0.05, 0.1) is 15.2 Å². The molecule has 4 aromatic rings. The van der Waals surface area contributed by atoms with E-state index in [0.717, 1.165) is 33.8 Å². The first-order valence-corrected chi connectivity index (χ1v) is 12.5. The first-order chi connectivity index (χ1) is 14.2. The van der Waals surface area contributed by atoms with Crippen molar-refractivity contribution in [2.75, 3.05) is 37.3 Å². The Balaban J connectivity index is 1.33. The van der Waals surface area contributed by atoms with Crippen molar-refractivity contribution in [2.24, 2.45) is 0 Å². The predicted molar refractivity (Wildman–Crippen MR) is 126 cm³/mol. The number of carbonyl (C=O) groups excluding carboxylic acids is 1. The van der Waals surface area contributed by atoms with Crippen molar-refractivity contribution in [3.8, 4) is 0 Å². The summed E-state index contributed by atoms with van der Waals surface area (Å²) in [5.74, 6) is 0.0322. The fraction of sp³-hybridized carbons (Fsp3) is 0.238. The largest absolute Gasteiger partial charge is 0.345 e. The number of rotatable bonds is 3. The molecule has 0 radical (unpaired) electrons. The number of para-hydroxylation sites is 1. The minimum absolute atomic E-state index is 0.0322. The van der Waals surface area contributed by atoms with Gasteiger partial charge in [-0.2, -0.15) is 0 Å². The zero-order chi connectivity index (χ0) is 20.0. The van der Waals surface area contributed by atoms with Crippen molar-refractivity contribution in [1.82, 2.24) is 9.88 Å². The molecular weight excluding hydrogens is 442 g/mol. The SMILES string of the molecule is CSc1cccc2sc(N3CCN(C(=O)c4sc5ccccc5c4Cl)CC3)nc12. The van der Waals surface area contributed by atoms with Crippen LogP contribution in [-0.4, -0.2) is 48.2 Å². The van der Waals surface area contributed by atoms with Gasteiger partial charge in [-0.05, 0) is 24.5 Å². The summed E-state index contributed by atoms with van der Waals surface area (Å²) in [4.78, 5) is 24.0. The highest BCUT2D eigenvalue weighted by Crippen LogP contribution is 2.37. The lowest BCUT2D eigenvalue weighted by atomic mass is 10.2.